The fourth-order valence-electron chi connectivity index (χ4n) is 1.11. The number of likely N-dealkylation sites (N-methyl/N-ethyl adjacent to an activating group) is 1. The van der Waals surface area contributed by atoms with Gasteiger partial charge in [-0.25, -0.2) is 0 Å². The zero-order chi connectivity index (χ0) is 7.45. The normalized spacial score (nSPS) is 21.0. The van der Waals surface area contributed by atoms with Crippen LogP contribution in [-0.4, -0.2) is 25.8 Å². The number of hydrogen-bond donors (Lipinski definition) is 1. The summed E-state index contributed by atoms with van der Waals surface area (Å²) in [5.74, 6) is 0. The summed E-state index contributed by atoms with van der Waals surface area (Å²) in [6.07, 6.45) is 3.72. The second-order valence-corrected chi connectivity index (χ2v) is 2.99. The van der Waals surface area contributed by atoms with E-state index in [9.17, 15) is 0 Å². The van der Waals surface area contributed by atoms with E-state index < -0.39 is 0 Å². The first-order valence-electron chi connectivity index (χ1n) is 4.11. The molecule has 0 bridgehead atoms. The molecule has 2 heteroatoms. The molecule has 0 saturated heterocycles. The third-order valence-corrected chi connectivity index (χ3v) is 2.21. The third-order valence-electron chi connectivity index (χ3n) is 2.21. The van der Waals surface area contributed by atoms with E-state index in [-0.39, 0.29) is 0 Å². The van der Waals surface area contributed by atoms with Crippen molar-refractivity contribution in [2.24, 2.45) is 0 Å². The van der Waals surface area contributed by atoms with Crippen molar-refractivity contribution in [2.75, 3.05) is 20.2 Å². The maximum atomic E-state index is 5.67. The summed E-state index contributed by atoms with van der Waals surface area (Å²) in [4.78, 5) is 0. The molecule has 0 aliphatic heterocycles. The highest BCUT2D eigenvalue weighted by Gasteiger charge is 2.41. The van der Waals surface area contributed by atoms with Gasteiger partial charge in [0.15, 0.2) is 0 Å². The van der Waals surface area contributed by atoms with Crippen molar-refractivity contribution < 1.29 is 4.74 Å². The quantitative estimate of drug-likeness (QED) is 0.583. The standard InChI is InChI=1S/C8H17NO/c1-3-8(4-5-8)10-7-6-9-2/h9H,3-7H2,1-2H3. The minimum Gasteiger partial charge on any atom is -0.374 e. The van der Waals surface area contributed by atoms with Crippen molar-refractivity contribution in [2.45, 2.75) is 31.8 Å². The lowest BCUT2D eigenvalue weighted by Gasteiger charge is -2.13. The summed E-state index contributed by atoms with van der Waals surface area (Å²) in [5, 5.41) is 3.07. The lowest BCUT2D eigenvalue weighted by molar-refractivity contribution is 0.0329. The molecular weight excluding hydrogens is 126 g/mol. The van der Waals surface area contributed by atoms with Crippen LogP contribution in [0.15, 0.2) is 0 Å². The van der Waals surface area contributed by atoms with Gasteiger partial charge in [-0.3, -0.25) is 0 Å². The molecule has 0 aromatic heterocycles. The van der Waals surface area contributed by atoms with Crippen LogP contribution in [0.5, 0.6) is 0 Å². The molecule has 1 aliphatic rings. The van der Waals surface area contributed by atoms with Gasteiger partial charge < -0.3 is 10.1 Å². The second-order valence-electron chi connectivity index (χ2n) is 2.99. The second kappa shape index (κ2) is 3.35. The van der Waals surface area contributed by atoms with Gasteiger partial charge in [-0.1, -0.05) is 6.92 Å². The smallest absolute Gasteiger partial charge is 0.0682 e. The Morgan fingerprint density at radius 2 is 2.20 bits per heavy atom. The van der Waals surface area contributed by atoms with E-state index in [1.54, 1.807) is 0 Å². The van der Waals surface area contributed by atoms with Crippen LogP contribution in [0.4, 0.5) is 0 Å². The molecule has 10 heavy (non-hydrogen) atoms. The summed E-state index contributed by atoms with van der Waals surface area (Å²) in [6.45, 7) is 4.04. The van der Waals surface area contributed by atoms with E-state index in [1.165, 1.54) is 19.3 Å². The topological polar surface area (TPSA) is 21.3 Å². The number of nitrogens with one attached hydrogen (secondary N) is 1. The van der Waals surface area contributed by atoms with Crippen molar-refractivity contribution in [1.82, 2.24) is 5.32 Å². The van der Waals surface area contributed by atoms with Crippen molar-refractivity contribution in [3.05, 3.63) is 0 Å². The van der Waals surface area contributed by atoms with Crippen molar-refractivity contribution in [3.63, 3.8) is 0 Å². The number of ether oxygens (including phenoxy) is 1. The Kier molecular flexibility index (Phi) is 2.69. The first kappa shape index (κ1) is 8.02. The molecule has 0 heterocycles. The summed E-state index contributed by atoms with van der Waals surface area (Å²) in [6, 6.07) is 0. The van der Waals surface area contributed by atoms with E-state index in [4.69, 9.17) is 4.74 Å². The van der Waals surface area contributed by atoms with Gasteiger partial charge in [0.2, 0.25) is 0 Å². The molecule has 0 spiro atoms. The highest BCUT2D eigenvalue weighted by atomic mass is 16.5. The zero-order valence-corrected chi connectivity index (χ0v) is 6.94. The summed E-state index contributed by atoms with van der Waals surface area (Å²) < 4.78 is 5.67. The highest BCUT2D eigenvalue weighted by Crippen LogP contribution is 2.42. The Hall–Kier alpha value is -0.0800. The van der Waals surface area contributed by atoms with E-state index >= 15 is 0 Å². The van der Waals surface area contributed by atoms with E-state index in [1.807, 2.05) is 7.05 Å². The largest absolute Gasteiger partial charge is 0.374 e. The lowest BCUT2D eigenvalue weighted by Crippen LogP contribution is -2.20. The maximum Gasteiger partial charge on any atom is 0.0682 e. The Labute approximate surface area is 63.0 Å². The fourth-order valence-corrected chi connectivity index (χ4v) is 1.11. The van der Waals surface area contributed by atoms with Crippen LogP contribution in [-0.2, 0) is 4.74 Å². The summed E-state index contributed by atoms with van der Waals surface area (Å²) >= 11 is 0. The third kappa shape index (κ3) is 1.96. The Bertz CT molecular complexity index is 99.4. The summed E-state index contributed by atoms with van der Waals surface area (Å²) in [5.41, 5.74) is 0.302. The molecule has 1 N–H and O–H groups in total. The van der Waals surface area contributed by atoms with Crippen LogP contribution < -0.4 is 5.32 Å². The van der Waals surface area contributed by atoms with Crippen LogP contribution in [0.3, 0.4) is 0 Å². The first-order chi connectivity index (χ1) is 4.83. The SMILES string of the molecule is CCC1(OCCNC)CC1. The van der Waals surface area contributed by atoms with Crippen molar-refractivity contribution >= 4 is 0 Å². The first-order valence-corrected chi connectivity index (χ1v) is 4.11. The Balaban J connectivity index is 2.01. The van der Waals surface area contributed by atoms with Crippen LogP contribution in [0.1, 0.15) is 26.2 Å². The van der Waals surface area contributed by atoms with E-state index in [2.05, 4.69) is 12.2 Å². The maximum absolute atomic E-state index is 5.67. The average Bonchev–Trinajstić information content (AvgIpc) is 2.70. The van der Waals surface area contributed by atoms with Gasteiger partial charge in [0.25, 0.3) is 0 Å². The zero-order valence-electron chi connectivity index (χ0n) is 6.94. The number of rotatable bonds is 5. The number of hydrogen-bond acceptors (Lipinski definition) is 2. The molecule has 0 amide bonds. The summed E-state index contributed by atoms with van der Waals surface area (Å²) in [7, 11) is 1.95. The van der Waals surface area contributed by atoms with Gasteiger partial charge in [-0.05, 0) is 26.3 Å². The fraction of sp³-hybridized carbons (Fsp3) is 1.00. The molecule has 0 radical (unpaired) electrons. The van der Waals surface area contributed by atoms with E-state index in [0.717, 1.165) is 13.2 Å². The van der Waals surface area contributed by atoms with Gasteiger partial charge in [0.05, 0.1) is 12.2 Å². The molecule has 1 saturated carbocycles. The highest BCUT2D eigenvalue weighted by molar-refractivity contribution is 4.94. The predicted molar refractivity (Wildman–Crippen MR) is 42.1 cm³/mol. The van der Waals surface area contributed by atoms with Crippen molar-refractivity contribution in [1.29, 1.82) is 0 Å². The van der Waals surface area contributed by atoms with Gasteiger partial charge in [0, 0.05) is 6.54 Å². The molecule has 1 aliphatic carbocycles. The van der Waals surface area contributed by atoms with Crippen molar-refractivity contribution in [3.8, 4) is 0 Å². The minimum absolute atomic E-state index is 0.302. The van der Waals surface area contributed by atoms with Gasteiger partial charge in [0.1, 0.15) is 0 Å². The van der Waals surface area contributed by atoms with E-state index in [0.29, 0.717) is 5.60 Å². The average molecular weight is 143 g/mol. The minimum atomic E-state index is 0.302. The van der Waals surface area contributed by atoms with Crippen LogP contribution >= 0.6 is 0 Å². The molecule has 2 nitrogen and oxygen atoms in total. The molecule has 1 fully saturated rings. The molecule has 0 aromatic carbocycles. The van der Waals surface area contributed by atoms with Crippen LogP contribution in [0.25, 0.3) is 0 Å². The van der Waals surface area contributed by atoms with Gasteiger partial charge in [-0.15, -0.1) is 0 Å². The molecular formula is C8H17NO. The molecule has 0 unspecified atom stereocenters. The van der Waals surface area contributed by atoms with Gasteiger partial charge >= 0.3 is 0 Å². The van der Waals surface area contributed by atoms with Crippen LogP contribution in [0.2, 0.25) is 0 Å². The molecule has 0 aromatic rings. The predicted octanol–water partition coefficient (Wildman–Crippen LogP) is 1.16. The molecule has 60 valence electrons. The molecule has 0 atom stereocenters. The Morgan fingerprint density at radius 1 is 1.50 bits per heavy atom. The monoisotopic (exact) mass is 143 g/mol. The van der Waals surface area contributed by atoms with Crippen LogP contribution in [0, 0.1) is 0 Å². The molecule has 1 rings (SSSR count). The van der Waals surface area contributed by atoms with Gasteiger partial charge in [-0.2, -0.15) is 0 Å². The lowest BCUT2D eigenvalue weighted by atomic mass is 10.2. The Morgan fingerprint density at radius 3 is 2.60 bits per heavy atom.